The van der Waals surface area contributed by atoms with Crippen LogP contribution in [-0.4, -0.2) is 28.4 Å². The SMILES string of the molecule is COCc1nnc(NC(=O)Cc2c(C)noc2C)s1. The molecule has 0 atom stereocenters. The number of rotatable bonds is 5. The van der Waals surface area contributed by atoms with E-state index in [1.807, 2.05) is 0 Å². The molecule has 19 heavy (non-hydrogen) atoms. The van der Waals surface area contributed by atoms with E-state index >= 15 is 0 Å². The molecule has 0 aliphatic rings. The number of anilines is 1. The van der Waals surface area contributed by atoms with Gasteiger partial charge in [-0.1, -0.05) is 16.5 Å². The Hall–Kier alpha value is -1.80. The zero-order valence-electron chi connectivity index (χ0n) is 10.9. The summed E-state index contributed by atoms with van der Waals surface area (Å²) >= 11 is 1.29. The van der Waals surface area contributed by atoms with E-state index in [-0.39, 0.29) is 12.3 Å². The van der Waals surface area contributed by atoms with E-state index < -0.39 is 0 Å². The van der Waals surface area contributed by atoms with Gasteiger partial charge in [-0.3, -0.25) is 4.79 Å². The lowest BCUT2D eigenvalue weighted by Crippen LogP contribution is -2.15. The number of hydrogen-bond acceptors (Lipinski definition) is 7. The van der Waals surface area contributed by atoms with Gasteiger partial charge in [0.15, 0.2) is 0 Å². The van der Waals surface area contributed by atoms with Crippen LogP contribution in [0, 0.1) is 13.8 Å². The Labute approximate surface area is 114 Å². The summed E-state index contributed by atoms with van der Waals surface area (Å²) in [5.41, 5.74) is 1.53. The zero-order chi connectivity index (χ0) is 13.8. The highest BCUT2D eigenvalue weighted by atomic mass is 32.1. The highest BCUT2D eigenvalue weighted by molar-refractivity contribution is 7.15. The summed E-state index contributed by atoms with van der Waals surface area (Å²) in [4.78, 5) is 11.9. The molecule has 7 nitrogen and oxygen atoms in total. The molecule has 0 spiro atoms. The predicted octanol–water partition coefficient (Wildman–Crippen LogP) is 1.47. The van der Waals surface area contributed by atoms with Crippen molar-refractivity contribution in [2.75, 3.05) is 12.4 Å². The van der Waals surface area contributed by atoms with E-state index in [4.69, 9.17) is 9.26 Å². The van der Waals surface area contributed by atoms with Crippen LogP contribution in [0.3, 0.4) is 0 Å². The van der Waals surface area contributed by atoms with Crippen LogP contribution >= 0.6 is 11.3 Å². The highest BCUT2D eigenvalue weighted by Crippen LogP contribution is 2.17. The number of nitrogens with one attached hydrogen (secondary N) is 1. The number of aryl methyl sites for hydroxylation is 2. The lowest BCUT2D eigenvalue weighted by molar-refractivity contribution is -0.115. The minimum absolute atomic E-state index is 0.172. The number of carbonyl (C=O) groups excluding carboxylic acids is 1. The number of hydrogen-bond donors (Lipinski definition) is 1. The number of nitrogens with zero attached hydrogens (tertiary/aromatic N) is 3. The quantitative estimate of drug-likeness (QED) is 0.893. The van der Waals surface area contributed by atoms with Gasteiger partial charge in [-0.05, 0) is 13.8 Å². The lowest BCUT2D eigenvalue weighted by atomic mass is 10.1. The van der Waals surface area contributed by atoms with Crippen LogP contribution in [0.4, 0.5) is 5.13 Å². The first-order valence-corrected chi connectivity index (χ1v) is 6.44. The van der Waals surface area contributed by atoms with Gasteiger partial charge in [0.2, 0.25) is 11.0 Å². The minimum Gasteiger partial charge on any atom is -0.377 e. The summed E-state index contributed by atoms with van der Waals surface area (Å²) in [7, 11) is 1.58. The summed E-state index contributed by atoms with van der Waals surface area (Å²) in [5, 5.41) is 15.4. The third-order valence-corrected chi connectivity index (χ3v) is 3.31. The number of ether oxygens (including phenoxy) is 1. The van der Waals surface area contributed by atoms with Crippen LogP contribution < -0.4 is 5.32 Å². The molecule has 0 saturated carbocycles. The summed E-state index contributed by atoms with van der Waals surface area (Å²) in [6.45, 7) is 3.97. The molecule has 0 aliphatic heterocycles. The number of amides is 1. The smallest absolute Gasteiger partial charge is 0.230 e. The number of methoxy groups -OCH3 is 1. The Morgan fingerprint density at radius 1 is 1.42 bits per heavy atom. The zero-order valence-corrected chi connectivity index (χ0v) is 11.7. The Morgan fingerprint density at radius 3 is 2.84 bits per heavy atom. The standard InChI is InChI=1S/C11H14N4O3S/c1-6-8(7(2)18-15-6)4-9(16)12-11-14-13-10(19-11)5-17-3/h4-5H2,1-3H3,(H,12,14,16). The van der Waals surface area contributed by atoms with Crippen LogP contribution in [0.1, 0.15) is 22.0 Å². The number of aromatic nitrogens is 3. The molecule has 0 radical (unpaired) electrons. The Morgan fingerprint density at radius 2 is 2.21 bits per heavy atom. The molecule has 2 aromatic rings. The highest BCUT2D eigenvalue weighted by Gasteiger charge is 2.15. The second-order valence-corrected chi connectivity index (χ2v) is 5.02. The molecule has 0 bridgehead atoms. The van der Waals surface area contributed by atoms with Gasteiger partial charge >= 0.3 is 0 Å². The maximum atomic E-state index is 11.9. The molecule has 2 rings (SSSR count). The summed E-state index contributed by atoms with van der Waals surface area (Å²) in [6.07, 6.45) is 0.209. The van der Waals surface area contributed by atoms with Gasteiger partial charge < -0.3 is 14.6 Å². The largest absolute Gasteiger partial charge is 0.377 e. The van der Waals surface area contributed by atoms with Gasteiger partial charge in [0.05, 0.1) is 12.1 Å². The fourth-order valence-electron chi connectivity index (χ4n) is 1.56. The van der Waals surface area contributed by atoms with Crippen molar-refractivity contribution < 1.29 is 14.1 Å². The van der Waals surface area contributed by atoms with Crippen molar-refractivity contribution in [2.45, 2.75) is 26.9 Å². The molecular weight excluding hydrogens is 268 g/mol. The molecule has 1 N–H and O–H groups in total. The third-order valence-electron chi connectivity index (χ3n) is 2.50. The van der Waals surface area contributed by atoms with Gasteiger partial charge in [0, 0.05) is 12.7 Å². The van der Waals surface area contributed by atoms with Crippen molar-refractivity contribution in [1.82, 2.24) is 15.4 Å². The molecule has 102 valence electrons. The second kappa shape index (κ2) is 5.89. The fourth-order valence-corrected chi connectivity index (χ4v) is 2.29. The summed E-state index contributed by atoms with van der Waals surface area (Å²) in [5.74, 6) is 0.486. The molecule has 2 aromatic heterocycles. The molecule has 2 heterocycles. The third kappa shape index (κ3) is 3.36. The molecule has 8 heteroatoms. The van der Waals surface area contributed by atoms with Crippen molar-refractivity contribution in [3.63, 3.8) is 0 Å². The van der Waals surface area contributed by atoms with Crippen molar-refractivity contribution in [1.29, 1.82) is 0 Å². The van der Waals surface area contributed by atoms with Crippen LogP contribution in [0.25, 0.3) is 0 Å². The van der Waals surface area contributed by atoms with Crippen molar-refractivity contribution in [3.05, 3.63) is 22.0 Å². The first kappa shape index (κ1) is 13.6. The molecule has 1 amide bonds. The molecule has 0 fully saturated rings. The van der Waals surface area contributed by atoms with Gasteiger partial charge in [-0.25, -0.2) is 0 Å². The first-order chi connectivity index (χ1) is 9.10. The summed E-state index contributed by atoms with van der Waals surface area (Å²) in [6, 6.07) is 0. The first-order valence-electron chi connectivity index (χ1n) is 5.63. The van der Waals surface area contributed by atoms with E-state index in [2.05, 4.69) is 20.7 Å². The van der Waals surface area contributed by atoms with Crippen LogP contribution in [-0.2, 0) is 22.6 Å². The Kier molecular flexibility index (Phi) is 4.23. The molecule has 0 unspecified atom stereocenters. The minimum atomic E-state index is -0.172. The number of carbonyl (C=O) groups is 1. The monoisotopic (exact) mass is 282 g/mol. The van der Waals surface area contributed by atoms with Gasteiger partial charge in [-0.2, -0.15) is 0 Å². The topological polar surface area (TPSA) is 90.1 Å². The normalized spacial score (nSPS) is 10.7. The molecular formula is C11H14N4O3S. The summed E-state index contributed by atoms with van der Waals surface area (Å²) < 4.78 is 9.95. The maximum Gasteiger partial charge on any atom is 0.230 e. The Bertz CT molecular complexity index is 559. The van der Waals surface area contributed by atoms with Crippen molar-refractivity contribution in [2.24, 2.45) is 0 Å². The van der Waals surface area contributed by atoms with Crippen molar-refractivity contribution >= 4 is 22.4 Å². The van der Waals surface area contributed by atoms with Crippen LogP contribution in [0.15, 0.2) is 4.52 Å². The van der Waals surface area contributed by atoms with Gasteiger partial charge in [0.25, 0.3) is 0 Å². The second-order valence-electron chi connectivity index (χ2n) is 3.96. The van der Waals surface area contributed by atoms with E-state index in [1.165, 1.54) is 11.3 Å². The average Bonchev–Trinajstić information content (AvgIpc) is 2.91. The van der Waals surface area contributed by atoms with Gasteiger partial charge in [-0.15, -0.1) is 10.2 Å². The molecule has 0 aromatic carbocycles. The molecule has 0 aliphatic carbocycles. The van der Waals surface area contributed by atoms with Crippen LogP contribution in [0.2, 0.25) is 0 Å². The van der Waals surface area contributed by atoms with Gasteiger partial charge in [0.1, 0.15) is 17.4 Å². The van der Waals surface area contributed by atoms with E-state index in [0.717, 1.165) is 16.3 Å². The molecule has 0 saturated heterocycles. The average molecular weight is 282 g/mol. The van der Waals surface area contributed by atoms with Crippen LogP contribution in [0.5, 0.6) is 0 Å². The van der Waals surface area contributed by atoms with E-state index in [9.17, 15) is 4.79 Å². The van der Waals surface area contributed by atoms with E-state index in [0.29, 0.717) is 17.5 Å². The van der Waals surface area contributed by atoms with E-state index in [1.54, 1.807) is 21.0 Å². The predicted molar refractivity (Wildman–Crippen MR) is 68.9 cm³/mol. The Balaban J connectivity index is 1.97. The van der Waals surface area contributed by atoms with Crippen molar-refractivity contribution in [3.8, 4) is 0 Å². The maximum absolute atomic E-state index is 11.9. The lowest BCUT2D eigenvalue weighted by Gasteiger charge is -2.00. The fraction of sp³-hybridized carbons (Fsp3) is 0.455.